The fourth-order valence-electron chi connectivity index (χ4n) is 2.67. The van der Waals surface area contributed by atoms with Crippen LogP contribution >= 0.6 is 0 Å². The molecule has 2 rings (SSSR count). The number of hydrogen-bond donors (Lipinski definition) is 2. The van der Waals surface area contributed by atoms with Gasteiger partial charge in [-0.2, -0.15) is 0 Å². The van der Waals surface area contributed by atoms with Gasteiger partial charge >= 0.3 is 0 Å². The van der Waals surface area contributed by atoms with E-state index in [0.29, 0.717) is 42.0 Å². The van der Waals surface area contributed by atoms with Crippen LogP contribution in [0, 0.1) is 0 Å². The first-order valence-electron chi connectivity index (χ1n) is 8.52. The Labute approximate surface area is 160 Å². The summed E-state index contributed by atoms with van der Waals surface area (Å²) in [4.78, 5) is 4.26. The van der Waals surface area contributed by atoms with Crippen LogP contribution in [0.4, 0.5) is 0 Å². The highest BCUT2D eigenvalue weighted by atomic mass is 16.5. The maximum Gasteiger partial charge on any atom is 0.191 e. The number of rotatable bonds is 8. The summed E-state index contributed by atoms with van der Waals surface area (Å²) in [6, 6.07) is 11.6. The molecule has 7 nitrogen and oxygen atoms in total. The number of para-hydroxylation sites is 1. The average Bonchev–Trinajstić information content (AvgIpc) is 2.73. The van der Waals surface area contributed by atoms with Gasteiger partial charge in [0.1, 0.15) is 0 Å². The predicted molar refractivity (Wildman–Crippen MR) is 106 cm³/mol. The van der Waals surface area contributed by atoms with Crippen LogP contribution < -0.4 is 29.6 Å². The highest BCUT2D eigenvalue weighted by Gasteiger charge is 2.10. The number of methoxy groups -OCH3 is 4. The quantitative estimate of drug-likeness (QED) is 0.547. The molecule has 2 aromatic carbocycles. The molecular weight excluding hydrogens is 346 g/mol. The molecule has 0 fully saturated rings. The third-order valence-electron chi connectivity index (χ3n) is 4.06. The first-order chi connectivity index (χ1) is 13.2. The van der Waals surface area contributed by atoms with E-state index in [1.807, 2.05) is 36.4 Å². The maximum atomic E-state index is 5.46. The number of aliphatic imine (C=N–C) groups is 1. The van der Waals surface area contributed by atoms with Gasteiger partial charge < -0.3 is 29.6 Å². The van der Waals surface area contributed by atoms with Gasteiger partial charge in [-0.15, -0.1) is 0 Å². The van der Waals surface area contributed by atoms with Crippen LogP contribution in [0.2, 0.25) is 0 Å². The Bertz CT molecular complexity index is 778. The van der Waals surface area contributed by atoms with E-state index in [-0.39, 0.29) is 0 Å². The average molecular weight is 373 g/mol. The zero-order valence-electron chi connectivity index (χ0n) is 16.5. The third-order valence-corrected chi connectivity index (χ3v) is 4.06. The summed E-state index contributed by atoms with van der Waals surface area (Å²) < 4.78 is 21.4. The van der Waals surface area contributed by atoms with Crippen molar-refractivity contribution < 1.29 is 18.9 Å². The zero-order valence-corrected chi connectivity index (χ0v) is 16.5. The Balaban J connectivity index is 1.99. The second-order valence-corrected chi connectivity index (χ2v) is 5.62. The molecule has 7 heteroatoms. The predicted octanol–water partition coefficient (Wildman–Crippen LogP) is 2.59. The highest BCUT2D eigenvalue weighted by molar-refractivity contribution is 5.79. The van der Waals surface area contributed by atoms with Crippen LogP contribution in [0.3, 0.4) is 0 Å². The summed E-state index contributed by atoms with van der Waals surface area (Å²) in [6.45, 7) is 1.14. The van der Waals surface area contributed by atoms with E-state index in [0.717, 1.165) is 11.1 Å². The van der Waals surface area contributed by atoms with Crippen molar-refractivity contribution in [3.63, 3.8) is 0 Å². The van der Waals surface area contributed by atoms with Gasteiger partial charge in [-0.1, -0.05) is 18.2 Å². The molecule has 0 heterocycles. The van der Waals surface area contributed by atoms with E-state index in [2.05, 4.69) is 15.6 Å². The minimum atomic E-state index is 0.548. The van der Waals surface area contributed by atoms with E-state index in [1.165, 1.54) is 0 Å². The molecule has 0 bridgehead atoms. The molecule has 0 aliphatic carbocycles. The Morgan fingerprint density at radius 3 is 2.15 bits per heavy atom. The van der Waals surface area contributed by atoms with Crippen molar-refractivity contribution in [2.45, 2.75) is 13.1 Å². The second kappa shape index (κ2) is 10.2. The first kappa shape index (κ1) is 20.2. The largest absolute Gasteiger partial charge is 0.493 e. The minimum absolute atomic E-state index is 0.548. The van der Waals surface area contributed by atoms with Crippen LogP contribution in [0.1, 0.15) is 11.1 Å². The minimum Gasteiger partial charge on any atom is -0.493 e. The summed E-state index contributed by atoms with van der Waals surface area (Å²) in [6.07, 6.45) is 0. The fourth-order valence-corrected chi connectivity index (χ4v) is 2.67. The number of nitrogens with zero attached hydrogens (tertiary/aromatic N) is 1. The first-order valence-corrected chi connectivity index (χ1v) is 8.52. The Kier molecular flexibility index (Phi) is 7.61. The molecule has 0 aliphatic rings. The van der Waals surface area contributed by atoms with Gasteiger partial charge in [-0.05, 0) is 23.8 Å². The standard InChI is InChI=1S/C20H27N3O4/c1-21-20(22-12-14-9-10-16(24-2)18(11-14)26-4)23-13-15-7-6-8-17(25-3)19(15)27-5/h6-11H,12-13H2,1-5H3,(H2,21,22,23). The number of nitrogens with one attached hydrogen (secondary N) is 2. The van der Waals surface area contributed by atoms with Crippen molar-refractivity contribution in [3.05, 3.63) is 47.5 Å². The molecule has 0 aromatic heterocycles. The number of benzene rings is 2. The lowest BCUT2D eigenvalue weighted by molar-refractivity contribution is 0.351. The fraction of sp³-hybridized carbons (Fsp3) is 0.350. The van der Waals surface area contributed by atoms with Crippen LogP contribution in [-0.2, 0) is 13.1 Å². The lowest BCUT2D eigenvalue weighted by atomic mass is 10.2. The van der Waals surface area contributed by atoms with Crippen molar-refractivity contribution in [1.82, 2.24) is 10.6 Å². The number of ether oxygens (including phenoxy) is 4. The van der Waals surface area contributed by atoms with Crippen molar-refractivity contribution in [1.29, 1.82) is 0 Å². The van der Waals surface area contributed by atoms with E-state index in [4.69, 9.17) is 18.9 Å². The van der Waals surface area contributed by atoms with Gasteiger partial charge in [-0.3, -0.25) is 4.99 Å². The Morgan fingerprint density at radius 2 is 1.52 bits per heavy atom. The molecule has 0 saturated heterocycles. The zero-order chi connectivity index (χ0) is 19.6. The monoisotopic (exact) mass is 373 g/mol. The number of hydrogen-bond acceptors (Lipinski definition) is 5. The van der Waals surface area contributed by atoms with Gasteiger partial charge in [-0.25, -0.2) is 0 Å². The molecule has 0 saturated carbocycles. The van der Waals surface area contributed by atoms with Crippen molar-refractivity contribution in [2.24, 2.45) is 4.99 Å². The SMILES string of the molecule is CN=C(NCc1ccc(OC)c(OC)c1)NCc1cccc(OC)c1OC. The van der Waals surface area contributed by atoms with Crippen LogP contribution in [0.15, 0.2) is 41.4 Å². The molecule has 0 aliphatic heterocycles. The molecule has 0 amide bonds. The number of guanidine groups is 1. The molecule has 2 N–H and O–H groups in total. The van der Waals surface area contributed by atoms with Crippen molar-refractivity contribution in [3.8, 4) is 23.0 Å². The lowest BCUT2D eigenvalue weighted by Crippen LogP contribution is -2.36. The van der Waals surface area contributed by atoms with Gasteiger partial charge in [0.2, 0.25) is 0 Å². The van der Waals surface area contributed by atoms with E-state index < -0.39 is 0 Å². The van der Waals surface area contributed by atoms with Crippen LogP contribution in [0.25, 0.3) is 0 Å². The van der Waals surface area contributed by atoms with Crippen molar-refractivity contribution in [2.75, 3.05) is 35.5 Å². The van der Waals surface area contributed by atoms with Gasteiger partial charge in [0.05, 0.1) is 28.4 Å². The molecule has 146 valence electrons. The van der Waals surface area contributed by atoms with E-state index in [1.54, 1.807) is 35.5 Å². The van der Waals surface area contributed by atoms with E-state index >= 15 is 0 Å². The van der Waals surface area contributed by atoms with Crippen LogP contribution in [0.5, 0.6) is 23.0 Å². The highest BCUT2D eigenvalue weighted by Crippen LogP contribution is 2.30. The summed E-state index contributed by atoms with van der Waals surface area (Å²) in [5, 5.41) is 6.56. The van der Waals surface area contributed by atoms with Gasteiger partial charge in [0.15, 0.2) is 29.0 Å². The molecule has 0 spiro atoms. The third kappa shape index (κ3) is 5.20. The maximum absolute atomic E-state index is 5.46. The molecule has 0 radical (unpaired) electrons. The summed E-state index contributed by atoms with van der Waals surface area (Å²) in [5.74, 6) is 3.48. The Morgan fingerprint density at radius 1 is 0.815 bits per heavy atom. The summed E-state index contributed by atoms with van der Waals surface area (Å²) in [5.41, 5.74) is 2.03. The second-order valence-electron chi connectivity index (χ2n) is 5.62. The van der Waals surface area contributed by atoms with Crippen molar-refractivity contribution >= 4 is 5.96 Å². The summed E-state index contributed by atoms with van der Waals surface area (Å²) in [7, 11) is 8.22. The van der Waals surface area contributed by atoms with E-state index in [9.17, 15) is 0 Å². The normalized spacial score (nSPS) is 10.9. The smallest absolute Gasteiger partial charge is 0.191 e. The molecule has 0 atom stereocenters. The molecular formula is C20H27N3O4. The topological polar surface area (TPSA) is 73.3 Å². The molecule has 27 heavy (non-hydrogen) atoms. The van der Waals surface area contributed by atoms with Gasteiger partial charge in [0.25, 0.3) is 0 Å². The summed E-state index contributed by atoms with van der Waals surface area (Å²) >= 11 is 0. The molecule has 2 aromatic rings. The molecule has 0 unspecified atom stereocenters. The van der Waals surface area contributed by atoms with Gasteiger partial charge in [0, 0.05) is 25.7 Å². The van der Waals surface area contributed by atoms with Crippen LogP contribution in [-0.4, -0.2) is 41.4 Å². The Hall–Kier alpha value is -3.09. The lowest BCUT2D eigenvalue weighted by Gasteiger charge is -2.16.